The Bertz CT molecular complexity index is 1140. The molecule has 0 unspecified atom stereocenters. The lowest BCUT2D eigenvalue weighted by atomic mass is 9.96. The number of fused-ring (bicyclic) bond motifs is 1. The van der Waals surface area contributed by atoms with Gasteiger partial charge in [-0.1, -0.05) is 11.6 Å². The second-order valence-corrected chi connectivity index (χ2v) is 7.88. The summed E-state index contributed by atoms with van der Waals surface area (Å²) >= 11 is 7.42. The minimum atomic E-state index is -0.529. The van der Waals surface area contributed by atoms with Crippen LogP contribution >= 0.6 is 22.9 Å². The minimum Gasteiger partial charge on any atom is -0.455 e. The fourth-order valence-corrected chi connectivity index (χ4v) is 4.63. The third kappa shape index (κ3) is 3.44. The van der Waals surface area contributed by atoms with Crippen molar-refractivity contribution >= 4 is 39.8 Å². The molecule has 4 rings (SSSR count). The zero-order chi connectivity index (χ0) is 19.7. The van der Waals surface area contributed by atoms with Gasteiger partial charge in [0.2, 0.25) is 0 Å². The van der Waals surface area contributed by atoms with Gasteiger partial charge in [0.05, 0.1) is 16.7 Å². The summed E-state index contributed by atoms with van der Waals surface area (Å²) in [5, 5.41) is 21.3. The maximum Gasteiger partial charge on any atom is 0.288 e. The highest BCUT2D eigenvalue weighted by Crippen LogP contribution is 2.39. The van der Waals surface area contributed by atoms with E-state index in [1.807, 2.05) is 0 Å². The summed E-state index contributed by atoms with van der Waals surface area (Å²) in [7, 11) is 0. The molecule has 0 N–H and O–H groups in total. The zero-order valence-electron chi connectivity index (χ0n) is 14.6. The van der Waals surface area contributed by atoms with Crippen LogP contribution in [0.25, 0.3) is 11.3 Å². The number of nitriles is 1. The van der Waals surface area contributed by atoms with Crippen molar-refractivity contribution in [1.29, 1.82) is 5.26 Å². The first-order chi connectivity index (χ1) is 13.6. The highest BCUT2D eigenvalue weighted by atomic mass is 35.5. The lowest BCUT2D eigenvalue weighted by Gasteiger charge is -2.09. The van der Waals surface area contributed by atoms with Crippen molar-refractivity contribution in [2.45, 2.75) is 25.7 Å². The van der Waals surface area contributed by atoms with E-state index in [1.54, 1.807) is 35.8 Å². The van der Waals surface area contributed by atoms with Gasteiger partial charge in [0.15, 0.2) is 0 Å². The van der Waals surface area contributed by atoms with Crippen LogP contribution in [0.2, 0.25) is 5.02 Å². The molecule has 0 bridgehead atoms. The van der Waals surface area contributed by atoms with Crippen molar-refractivity contribution in [2.75, 3.05) is 0 Å². The normalized spacial score (nSPS) is 13.4. The third-order valence-electron chi connectivity index (χ3n) is 4.63. The number of halogens is 1. The molecule has 8 heteroatoms. The molecule has 2 heterocycles. The predicted molar refractivity (Wildman–Crippen MR) is 109 cm³/mol. The van der Waals surface area contributed by atoms with E-state index in [4.69, 9.17) is 16.0 Å². The molecular weight excluding hydrogens is 398 g/mol. The summed E-state index contributed by atoms with van der Waals surface area (Å²) in [4.78, 5) is 16.2. The molecule has 0 radical (unpaired) electrons. The summed E-state index contributed by atoms with van der Waals surface area (Å²) in [6.07, 6.45) is 5.77. The maximum atomic E-state index is 11.1. The van der Waals surface area contributed by atoms with Gasteiger partial charge in [-0.15, -0.1) is 11.3 Å². The van der Waals surface area contributed by atoms with Gasteiger partial charge in [0.1, 0.15) is 27.6 Å². The fraction of sp³-hybridized carbons (Fsp3) is 0.200. The van der Waals surface area contributed by atoms with Gasteiger partial charge in [-0.25, -0.2) is 4.99 Å². The highest BCUT2D eigenvalue weighted by Gasteiger charge is 2.20. The lowest BCUT2D eigenvalue weighted by molar-refractivity contribution is -0.384. The Kier molecular flexibility index (Phi) is 4.99. The number of hydrogen-bond acceptors (Lipinski definition) is 6. The third-order valence-corrected chi connectivity index (χ3v) is 6.15. The first-order valence-corrected chi connectivity index (χ1v) is 9.89. The Morgan fingerprint density at radius 2 is 2.11 bits per heavy atom. The van der Waals surface area contributed by atoms with E-state index in [-0.39, 0.29) is 10.7 Å². The summed E-state index contributed by atoms with van der Waals surface area (Å²) in [6, 6.07) is 10.3. The van der Waals surface area contributed by atoms with Gasteiger partial charge < -0.3 is 4.42 Å². The first-order valence-electron chi connectivity index (χ1n) is 8.69. The van der Waals surface area contributed by atoms with Gasteiger partial charge in [-0.05, 0) is 55.5 Å². The smallest absolute Gasteiger partial charge is 0.288 e. The molecule has 1 aromatic carbocycles. The van der Waals surface area contributed by atoms with Gasteiger partial charge in [0.25, 0.3) is 5.69 Å². The van der Waals surface area contributed by atoms with Crippen LogP contribution in [0.3, 0.4) is 0 Å². The van der Waals surface area contributed by atoms with Crippen molar-refractivity contribution in [3.05, 3.63) is 67.2 Å². The fourth-order valence-electron chi connectivity index (χ4n) is 3.26. The number of aryl methyl sites for hydroxylation is 1. The Hall–Kier alpha value is -2.95. The van der Waals surface area contributed by atoms with Crippen LogP contribution < -0.4 is 0 Å². The molecule has 140 valence electrons. The average molecular weight is 412 g/mol. The van der Waals surface area contributed by atoms with Crippen LogP contribution in [0.1, 0.15) is 34.6 Å². The first kappa shape index (κ1) is 18.4. The van der Waals surface area contributed by atoms with Gasteiger partial charge in [-0.2, -0.15) is 5.26 Å². The van der Waals surface area contributed by atoms with E-state index in [0.29, 0.717) is 27.6 Å². The van der Waals surface area contributed by atoms with E-state index < -0.39 is 4.92 Å². The van der Waals surface area contributed by atoms with Crippen molar-refractivity contribution in [2.24, 2.45) is 4.99 Å². The number of benzene rings is 1. The second kappa shape index (κ2) is 7.58. The van der Waals surface area contributed by atoms with E-state index in [2.05, 4.69) is 11.1 Å². The molecule has 0 amide bonds. The Morgan fingerprint density at radius 1 is 1.29 bits per heavy atom. The van der Waals surface area contributed by atoms with Crippen LogP contribution in [0.5, 0.6) is 0 Å². The summed E-state index contributed by atoms with van der Waals surface area (Å²) in [5.74, 6) is 0.982. The zero-order valence-corrected chi connectivity index (χ0v) is 16.2. The monoisotopic (exact) mass is 411 g/mol. The molecule has 0 spiro atoms. The number of aliphatic imine (C=N–C) groups is 1. The van der Waals surface area contributed by atoms with Crippen molar-refractivity contribution in [1.82, 2.24) is 0 Å². The van der Waals surface area contributed by atoms with Crippen LogP contribution in [0, 0.1) is 21.4 Å². The van der Waals surface area contributed by atoms with Gasteiger partial charge >= 0.3 is 0 Å². The molecule has 0 saturated carbocycles. The molecule has 2 aromatic heterocycles. The molecule has 0 atom stereocenters. The van der Waals surface area contributed by atoms with E-state index >= 15 is 0 Å². The van der Waals surface area contributed by atoms with Crippen molar-refractivity contribution in [3.8, 4) is 17.4 Å². The summed E-state index contributed by atoms with van der Waals surface area (Å²) in [6.45, 7) is 0. The summed E-state index contributed by atoms with van der Waals surface area (Å²) < 4.78 is 5.75. The van der Waals surface area contributed by atoms with Crippen molar-refractivity contribution < 1.29 is 9.34 Å². The molecule has 0 fully saturated rings. The second-order valence-electron chi connectivity index (χ2n) is 6.39. The lowest BCUT2D eigenvalue weighted by Crippen LogP contribution is -1.99. The Balaban J connectivity index is 1.61. The molecule has 6 nitrogen and oxygen atoms in total. The number of furan rings is 1. The highest BCUT2D eigenvalue weighted by molar-refractivity contribution is 7.16. The SMILES string of the molecule is N#Cc1c(N=Cc2ccc(-c3ccc(Cl)c([N+](=O)[O-])c3)o2)sc2c1CCCC2. The van der Waals surface area contributed by atoms with Crippen LogP contribution in [0.4, 0.5) is 10.7 Å². The number of nitro benzene ring substituents is 1. The van der Waals surface area contributed by atoms with E-state index in [9.17, 15) is 15.4 Å². The van der Waals surface area contributed by atoms with Gasteiger partial charge in [0, 0.05) is 16.5 Å². The number of hydrogen-bond donors (Lipinski definition) is 0. The topological polar surface area (TPSA) is 92.4 Å². The molecule has 1 aliphatic rings. The van der Waals surface area contributed by atoms with Crippen LogP contribution in [-0.2, 0) is 12.8 Å². The van der Waals surface area contributed by atoms with Crippen LogP contribution in [-0.4, -0.2) is 11.1 Å². The standard InChI is InChI=1S/C20H14ClN3O3S/c21-16-7-5-12(9-17(16)24(25)26)18-8-6-13(27-18)11-23-20-15(10-22)14-3-1-2-4-19(14)28-20/h5-9,11H,1-4H2. The van der Waals surface area contributed by atoms with Gasteiger partial charge in [-0.3, -0.25) is 10.1 Å². The number of thiophene rings is 1. The minimum absolute atomic E-state index is 0.0767. The molecule has 3 aromatic rings. The molecule has 1 aliphatic carbocycles. The molecule has 0 aliphatic heterocycles. The number of nitro groups is 1. The van der Waals surface area contributed by atoms with E-state index in [0.717, 1.165) is 31.2 Å². The average Bonchev–Trinajstić information content (AvgIpc) is 3.30. The van der Waals surface area contributed by atoms with Crippen LogP contribution in [0.15, 0.2) is 39.7 Å². The molecule has 28 heavy (non-hydrogen) atoms. The number of rotatable bonds is 4. The maximum absolute atomic E-state index is 11.1. The largest absolute Gasteiger partial charge is 0.455 e. The van der Waals surface area contributed by atoms with Crippen molar-refractivity contribution in [3.63, 3.8) is 0 Å². The predicted octanol–water partition coefficient (Wildman–Crippen LogP) is 6.07. The number of nitrogens with zero attached hydrogens (tertiary/aromatic N) is 3. The summed E-state index contributed by atoms with van der Waals surface area (Å²) in [5.41, 5.74) is 2.18. The quantitative estimate of drug-likeness (QED) is 0.296. The molecule has 0 saturated heterocycles. The van der Waals surface area contributed by atoms with E-state index in [1.165, 1.54) is 17.0 Å². The Morgan fingerprint density at radius 3 is 2.89 bits per heavy atom. The Labute approximate surface area is 169 Å². The molecular formula is C20H14ClN3O3S.